The van der Waals surface area contributed by atoms with Crippen LogP contribution in [0.3, 0.4) is 0 Å². The van der Waals surface area contributed by atoms with Crippen LogP contribution in [0.15, 0.2) is 164 Å². The molecule has 8 heteroatoms. The van der Waals surface area contributed by atoms with Crippen molar-refractivity contribution in [1.29, 1.82) is 0 Å². The van der Waals surface area contributed by atoms with Gasteiger partial charge in [0.15, 0.2) is 17.5 Å². The van der Waals surface area contributed by atoms with Gasteiger partial charge in [0.25, 0.3) is 0 Å². The number of halogens is 3. The highest BCUT2D eigenvalue weighted by atomic mass is 32.1. The van der Waals surface area contributed by atoms with Crippen molar-refractivity contribution in [3.8, 4) is 51.0 Å². The molecule has 0 unspecified atom stereocenters. The summed E-state index contributed by atoms with van der Waals surface area (Å²) in [4.78, 5) is 14.7. The van der Waals surface area contributed by atoms with Crippen LogP contribution < -0.4 is 0 Å². The van der Waals surface area contributed by atoms with E-state index in [0.717, 1.165) is 49.4 Å². The molecule has 0 aliphatic rings. The van der Waals surface area contributed by atoms with Gasteiger partial charge < -0.3 is 4.57 Å². The van der Waals surface area contributed by atoms with E-state index >= 15 is 0 Å². The molecule has 3 aromatic heterocycles. The molecular formula is C46H27F3N4S. The zero-order chi connectivity index (χ0) is 36.4. The fourth-order valence-corrected chi connectivity index (χ4v) is 8.47. The van der Waals surface area contributed by atoms with Crippen molar-refractivity contribution in [3.63, 3.8) is 0 Å². The molecule has 10 aromatic rings. The van der Waals surface area contributed by atoms with E-state index in [2.05, 4.69) is 47.0 Å². The van der Waals surface area contributed by atoms with Crippen LogP contribution in [0.1, 0.15) is 5.56 Å². The van der Waals surface area contributed by atoms with E-state index in [0.29, 0.717) is 34.2 Å². The molecule has 10 rings (SSSR count). The van der Waals surface area contributed by atoms with Gasteiger partial charge >= 0.3 is 6.18 Å². The highest BCUT2D eigenvalue weighted by molar-refractivity contribution is 7.25. The lowest BCUT2D eigenvalue weighted by molar-refractivity contribution is -0.137. The van der Waals surface area contributed by atoms with Crippen LogP contribution in [0.25, 0.3) is 93.0 Å². The monoisotopic (exact) mass is 724 g/mol. The van der Waals surface area contributed by atoms with E-state index in [1.165, 1.54) is 27.6 Å². The van der Waals surface area contributed by atoms with E-state index in [9.17, 15) is 13.2 Å². The third kappa shape index (κ3) is 5.42. The molecule has 4 nitrogen and oxygen atoms in total. The van der Waals surface area contributed by atoms with Gasteiger partial charge in [-0.1, -0.05) is 109 Å². The number of aromatic nitrogens is 4. The summed E-state index contributed by atoms with van der Waals surface area (Å²) in [5, 5.41) is 4.50. The van der Waals surface area contributed by atoms with Crippen molar-refractivity contribution in [2.75, 3.05) is 0 Å². The van der Waals surface area contributed by atoms with Gasteiger partial charge in [0.05, 0.1) is 22.3 Å². The van der Waals surface area contributed by atoms with Crippen LogP contribution in [0.5, 0.6) is 0 Å². The summed E-state index contributed by atoms with van der Waals surface area (Å²) in [7, 11) is 0. The molecule has 7 aromatic carbocycles. The Hall–Kier alpha value is -6.64. The number of nitrogens with zero attached hydrogens (tertiary/aromatic N) is 4. The summed E-state index contributed by atoms with van der Waals surface area (Å²) in [6, 6.07) is 51.8. The highest BCUT2D eigenvalue weighted by Crippen LogP contribution is 2.43. The number of rotatable bonds is 5. The quantitative estimate of drug-likeness (QED) is 0.177. The standard InChI is InChI=1S/C46H27F3N4S/c47-46(48,49)32-17-11-16-30(24-32)35-25-31(45-51-43(28-12-3-1-4-13-28)50-44(52-45)29-14-5-2-6-15-29)22-23-39(35)53-38-20-9-7-18-33(38)36-26-37-34-19-8-10-21-41(34)54-42(37)27-40(36)53/h1-27H. The molecule has 0 aliphatic heterocycles. The van der Waals surface area contributed by atoms with Gasteiger partial charge in [-0.05, 0) is 60.2 Å². The van der Waals surface area contributed by atoms with Crippen LogP contribution >= 0.6 is 11.3 Å². The lowest BCUT2D eigenvalue weighted by Gasteiger charge is -2.17. The fraction of sp³-hybridized carbons (Fsp3) is 0.0217. The Bertz CT molecular complexity index is 2980. The molecule has 0 radical (unpaired) electrons. The summed E-state index contributed by atoms with van der Waals surface area (Å²) < 4.78 is 47.2. The van der Waals surface area contributed by atoms with Crippen molar-refractivity contribution in [2.24, 2.45) is 0 Å². The zero-order valence-corrected chi connectivity index (χ0v) is 29.2. The lowest BCUT2D eigenvalue weighted by Crippen LogP contribution is -2.05. The summed E-state index contributed by atoms with van der Waals surface area (Å²) in [5.74, 6) is 1.41. The van der Waals surface area contributed by atoms with Gasteiger partial charge in [0, 0.05) is 53.2 Å². The van der Waals surface area contributed by atoms with Crippen LogP contribution in [-0.4, -0.2) is 19.5 Å². The summed E-state index contributed by atoms with van der Waals surface area (Å²) >= 11 is 1.73. The Morgan fingerprint density at radius 1 is 0.426 bits per heavy atom. The second kappa shape index (κ2) is 12.5. The zero-order valence-electron chi connectivity index (χ0n) is 28.4. The third-order valence-electron chi connectivity index (χ3n) is 9.87. The Morgan fingerprint density at radius 2 is 1.04 bits per heavy atom. The predicted octanol–water partition coefficient (Wildman–Crippen LogP) is 13.0. The van der Waals surface area contributed by atoms with Gasteiger partial charge in [-0.15, -0.1) is 11.3 Å². The molecule has 0 spiro atoms. The number of alkyl halides is 3. The molecule has 0 amide bonds. The smallest absolute Gasteiger partial charge is 0.309 e. The van der Waals surface area contributed by atoms with Crippen molar-refractivity contribution in [3.05, 3.63) is 169 Å². The van der Waals surface area contributed by atoms with E-state index in [1.54, 1.807) is 17.4 Å². The average molecular weight is 725 g/mol. The van der Waals surface area contributed by atoms with Gasteiger partial charge in [-0.2, -0.15) is 13.2 Å². The number of benzene rings is 7. The van der Waals surface area contributed by atoms with Gasteiger partial charge in [0.1, 0.15) is 0 Å². The van der Waals surface area contributed by atoms with E-state index in [-0.39, 0.29) is 0 Å². The predicted molar refractivity (Wildman–Crippen MR) is 214 cm³/mol. The van der Waals surface area contributed by atoms with E-state index in [1.807, 2.05) is 97.1 Å². The molecule has 0 saturated heterocycles. The maximum atomic E-state index is 14.2. The van der Waals surface area contributed by atoms with Crippen molar-refractivity contribution < 1.29 is 13.2 Å². The number of fused-ring (bicyclic) bond motifs is 6. The molecule has 3 heterocycles. The number of thiophene rings is 1. The number of hydrogen-bond acceptors (Lipinski definition) is 4. The third-order valence-corrected chi connectivity index (χ3v) is 11.0. The normalized spacial score (nSPS) is 12.0. The number of para-hydroxylation sites is 1. The van der Waals surface area contributed by atoms with Gasteiger partial charge in [-0.3, -0.25) is 0 Å². The Labute approximate surface area is 311 Å². The van der Waals surface area contributed by atoms with Crippen LogP contribution in [-0.2, 0) is 6.18 Å². The first kappa shape index (κ1) is 32.0. The second-order valence-corrected chi connectivity index (χ2v) is 14.2. The topological polar surface area (TPSA) is 43.6 Å². The maximum absolute atomic E-state index is 14.2. The molecule has 0 saturated carbocycles. The molecule has 0 atom stereocenters. The molecule has 0 N–H and O–H groups in total. The van der Waals surface area contributed by atoms with Gasteiger partial charge in [-0.25, -0.2) is 15.0 Å². The maximum Gasteiger partial charge on any atom is 0.416 e. The SMILES string of the molecule is FC(F)(F)c1cccc(-c2cc(-c3nc(-c4ccccc4)nc(-c4ccccc4)n3)ccc2-n2c3ccccc3c3cc4c(cc32)sc2ccccc24)c1. The van der Waals surface area contributed by atoms with E-state index < -0.39 is 11.7 Å². The van der Waals surface area contributed by atoms with Gasteiger partial charge in [0.2, 0.25) is 0 Å². The summed E-state index contributed by atoms with van der Waals surface area (Å²) in [6.45, 7) is 0. The Morgan fingerprint density at radius 3 is 1.74 bits per heavy atom. The summed E-state index contributed by atoms with van der Waals surface area (Å²) in [6.07, 6.45) is -4.52. The molecule has 258 valence electrons. The molecular weight excluding hydrogens is 698 g/mol. The fourth-order valence-electron chi connectivity index (χ4n) is 7.35. The minimum absolute atomic E-state index is 0.414. The minimum Gasteiger partial charge on any atom is -0.309 e. The summed E-state index contributed by atoms with van der Waals surface area (Å²) in [5.41, 5.74) is 5.28. The average Bonchev–Trinajstić information content (AvgIpc) is 3.74. The molecule has 54 heavy (non-hydrogen) atoms. The van der Waals surface area contributed by atoms with Crippen LogP contribution in [0.4, 0.5) is 13.2 Å². The molecule has 0 aliphatic carbocycles. The van der Waals surface area contributed by atoms with E-state index in [4.69, 9.17) is 15.0 Å². The van der Waals surface area contributed by atoms with Crippen LogP contribution in [0, 0.1) is 0 Å². The Balaban J connectivity index is 1.26. The first-order valence-electron chi connectivity index (χ1n) is 17.4. The minimum atomic E-state index is -4.52. The first-order chi connectivity index (χ1) is 26.4. The van der Waals surface area contributed by atoms with Crippen molar-refractivity contribution >= 4 is 53.3 Å². The largest absolute Gasteiger partial charge is 0.416 e. The highest BCUT2D eigenvalue weighted by Gasteiger charge is 2.31. The van der Waals surface area contributed by atoms with Crippen LogP contribution in [0.2, 0.25) is 0 Å². The number of hydrogen-bond donors (Lipinski definition) is 0. The lowest BCUT2D eigenvalue weighted by atomic mass is 9.98. The first-order valence-corrected chi connectivity index (χ1v) is 18.2. The second-order valence-electron chi connectivity index (χ2n) is 13.2. The Kier molecular flexibility index (Phi) is 7.42. The molecule has 0 bridgehead atoms. The van der Waals surface area contributed by atoms with Crippen molar-refractivity contribution in [2.45, 2.75) is 6.18 Å². The van der Waals surface area contributed by atoms with Crippen molar-refractivity contribution in [1.82, 2.24) is 19.5 Å². The molecule has 0 fully saturated rings.